The molecule has 108 valence electrons. The number of urea groups is 1. The molecule has 1 heterocycles. The van der Waals surface area contributed by atoms with Crippen LogP contribution in [0.15, 0.2) is 0 Å². The van der Waals surface area contributed by atoms with Gasteiger partial charge < -0.3 is 25.4 Å². The minimum Gasteiger partial charge on any atom is -0.481 e. The van der Waals surface area contributed by atoms with E-state index in [0.717, 1.165) is 0 Å². The van der Waals surface area contributed by atoms with E-state index in [1.165, 1.54) is 18.9 Å². The van der Waals surface area contributed by atoms with Crippen molar-refractivity contribution in [3.63, 3.8) is 0 Å². The first-order chi connectivity index (χ1) is 8.93. The maximum Gasteiger partial charge on any atom is 0.407 e. The molecule has 0 radical (unpaired) electrons. The summed E-state index contributed by atoms with van der Waals surface area (Å²) in [6.45, 7) is 2.51. The molecule has 0 aromatic heterocycles. The smallest absolute Gasteiger partial charge is 0.407 e. The number of amides is 3. The van der Waals surface area contributed by atoms with Gasteiger partial charge in [0.25, 0.3) is 0 Å². The Morgan fingerprint density at radius 3 is 2.74 bits per heavy atom. The first kappa shape index (κ1) is 15.1. The van der Waals surface area contributed by atoms with Gasteiger partial charge in [0.15, 0.2) is 0 Å². The Bertz CT molecular complexity index is 360. The van der Waals surface area contributed by atoms with Crippen molar-refractivity contribution in [2.45, 2.75) is 19.4 Å². The fourth-order valence-corrected chi connectivity index (χ4v) is 1.73. The number of nitrogens with zero attached hydrogens (tertiary/aromatic N) is 1. The van der Waals surface area contributed by atoms with Gasteiger partial charge in [0, 0.05) is 19.6 Å². The third kappa shape index (κ3) is 4.65. The van der Waals surface area contributed by atoms with E-state index in [1.807, 2.05) is 0 Å². The summed E-state index contributed by atoms with van der Waals surface area (Å²) in [4.78, 5) is 34.9. The second-order valence-electron chi connectivity index (χ2n) is 4.49. The molecule has 3 N–H and O–H groups in total. The van der Waals surface area contributed by atoms with E-state index in [9.17, 15) is 14.4 Å². The molecule has 1 aliphatic rings. The third-order valence-electron chi connectivity index (χ3n) is 2.96. The van der Waals surface area contributed by atoms with E-state index < -0.39 is 18.0 Å². The topological polar surface area (TPSA) is 108 Å². The van der Waals surface area contributed by atoms with Crippen molar-refractivity contribution < 1.29 is 24.2 Å². The predicted octanol–water partition coefficient (Wildman–Crippen LogP) is -0.153. The van der Waals surface area contributed by atoms with Gasteiger partial charge in [-0.15, -0.1) is 0 Å². The predicted molar refractivity (Wildman–Crippen MR) is 65.7 cm³/mol. The SMILES string of the molecule is COC(=O)NC1CCN(C(=O)NCC(C)C(=O)O)C1. The van der Waals surface area contributed by atoms with Gasteiger partial charge in [0.2, 0.25) is 0 Å². The van der Waals surface area contributed by atoms with Crippen LogP contribution in [-0.2, 0) is 9.53 Å². The summed E-state index contributed by atoms with van der Waals surface area (Å²) in [6.07, 6.45) is 0.128. The molecule has 0 saturated carbocycles. The Morgan fingerprint density at radius 2 is 2.16 bits per heavy atom. The lowest BCUT2D eigenvalue weighted by Crippen LogP contribution is -2.43. The molecule has 0 aromatic rings. The fourth-order valence-electron chi connectivity index (χ4n) is 1.73. The molecule has 0 spiro atoms. The zero-order valence-corrected chi connectivity index (χ0v) is 11.0. The van der Waals surface area contributed by atoms with E-state index >= 15 is 0 Å². The summed E-state index contributed by atoms with van der Waals surface area (Å²) < 4.78 is 4.48. The number of rotatable bonds is 4. The highest BCUT2D eigenvalue weighted by molar-refractivity contribution is 5.76. The van der Waals surface area contributed by atoms with Gasteiger partial charge >= 0.3 is 18.1 Å². The summed E-state index contributed by atoms with van der Waals surface area (Å²) in [6, 6.07) is -0.447. The number of carbonyl (C=O) groups is 3. The van der Waals surface area contributed by atoms with Crippen molar-refractivity contribution in [1.29, 1.82) is 0 Å². The van der Waals surface area contributed by atoms with Crippen LogP contribution in [0.1, 0.15) is 13.3 Å². The molecule has 2 unspecified atom stereocenters. The van der Waals surface area contributed by atoms with Gasteiger partial charge in [-0.1, -0.05) is 6.92 Å². The van der Waals surface area contributed by atoms with Crippen LogP contribution in [0.3, 0.4) is 0 Å². The van der Waals surface area contributed by atoms with Gasteiger partial charge in [-0.3, -0.25) is 4.79 Å². The Balaban J connectivity index is 2.32. The minimum absolute atomic E-state index is 0.0831. The van der Waals surface area contributed by atoms with Crippen molar-refractivity contribution in [2.24, 2.45) is 5.92 Å². The normalized spacial score (nSPS) is 19.7. The molecule has 0 aliphatic carbocycles. The number of alkyl carbamates (subject to hydrolysis) is 1. The van der Waals surface area contributed by atoms with Gasteiger partial charge in [0.1, 0.15) is 0 Å². The molecule has 1 saturated heterocycles. The molecule has 19 heavy (non-hydrogen) atoms. The first-order valence-corrected chi connectivity index (χ1v) is 6.04. The van der Waals surface area contributed by atoms with E-state index in [4.69, 9.17) is 5.11 Å². The van der Waals surface area contributed by atoms with Crippen LogP contribution in [0.25, 0.3) is 0 Å². The van der Waals surface area contributed by atoms with Crippen molar-refractivity contribution in [2.75, 3.05) is 26.7 Å². The second-order valence-corrected chi connectivity index (χ2v) is 4.49. The largest absolute Gasteiger partial charge is 0.481 e. The molecule has 8 heteroatoms. The number of nitrogens with one attached hydrogen (secondary N) is 2. The standard InChI is InChI=1S/C11H19N3O5/c1-7(9(15)16)5-12-10(17)14-4-3-8(6-14)13-11(18)19-2/h7-8H,3-6H2,1-2H3,(H,12,17)(H,13,18)(H,15,16). The Morgan fingerprint density at radius 1 is 1.47 bits per heavy atom. The number of ether oxygens (including phenoxy) is 1. The molecular formula is C11H19N3O5. The van der Waals surface area contributed by atoms with Crippen molar-refractivity contribution >= 4 is 18.1 Å². The van der Waals surface area contributed by atoms with Gasteiger partial charge in [-0.25, -0.2) is 9.59 Å². The summed E-state index contributed by atoms with van der Waals surface area (Å²) in [5.41, 5.74) is 0. The molecule has 1 fully saturated rings. The van der Waals surface area contributed by atoms with Gasteiger partial charge in [-0.2, -0.15) is 0 Å². The maximum absolute atomic E-state index is 11.8. The van der Waals surface area contributed by atoms with Crippen LogP contribution < -0.4 is 10.6 Å². The van der Waals surface area contributed by atoms with Crippen LogP contribution in [-0.4, -0.2) is 60.9 Å². The van der Waals surface area contributed by atoms with Crippen molar-refractivity contribution in [3.05, 3.63) is 0 Å². The van der Waals surface area contributed by atoms with E-state index in [0.29, 0.717) is 19.5 Å². The maximum atomic E-state index is 11.8. The lowest BCUT2D eigenvalue weighted by molar-refractivity contribution is -0.140. The highest BCUT2D eigenvalue weighted by atomic mass is 16.5. The average Bonchev–Trinajstić information content (AvgIpc) is 2.83. The molecule has 3 amide bonds. The third-order valence-corrected chi connectivity index (χ3v) is 2.96. The quantitative estimate of drug-likeness (QED) is 0.660. The number of hydrogen-bond acceptors (Lipinski definition) is 4. The number of aliphatic carboxylic acids is 1. The molecular weight excluding hydrogens is 254 g/mol. The van der Waals surface area contributed by atoms with E-state index in [1.54, 1.807) is 0 Å². The van der Waals surface area contributed by atoms with Crippen LogP contribution in [0.5, 0.6) is 0 Å². The van der Waals surface area contributed by atoms with Crippen molar-refractivity contribution in [1.82, 2.24) is 15.5 Å². The number of likely N-dealkylation sites (tertiary alicyclic amines) is 1. The van der Waals surface area contributed by atoms with Crippen LogP contribution in [0.4, 0.5) is 9.59 Å². The van der Waals surface area contributed by atoms with E-state index in [-0.39, 0.29) is 18.6 Å². The minimum atomic E-state index is -0.952. The average molecular weight is 273 g/mol. The fraction of sp³-hybridized carbons (Fsp3) is 0.727. The van der Waals surface area contributed by atoms with Gasteiger partial charge in [-0.05, 0) is 6.42 Å². The molecule has 8 nitrogen and oxygen atoms in total. The molecule has 0 aromatic carbocycles. The van der Waals surface area contributed by atoms with E-state index in [2.05, 4.69) is 15.4 Å². The highest BCUT2D eigenvalue weighted by Gasteiger charge is 2.27. The molecule has 1 rings (SSSR count). The number of carboxylic acids is 1. The Labute approximate surface area is 111 Å². The van der Waals surface area contributed by atoms with Crippen LogP contribution >= 0.6 is 0 Å². The summed E-state index contributed by atoms with van der Waals surface area (Å²) in [5, 5.41) is 13.9. The monoisotopic (exact) mass is 273 g/mol. The number of carboxylic acid groups (broad SMARTS) is 1. The Kier molecular flexibility index (Phi) is 5.40. The summed E-state index contributed by atoms with van der Waals surface area (Å²) in [7, 11) is 1.28. The van der Waals surface area contributed by atoms with Crippen LogP contribution in [0.2, 0.25) is 0 Å². The number of methoxy groups -OCH3 is 1. The lowest BCUT2D eigenvalue weighted by Gasteiger charge is -2.18. The molecule has 0 bridgehead atoms. The molecule has 2 atom stereocenters. The number of carbonyl (C=O) groups excluding carboxylic acids is 2. The Hall–Kier alpha value is -1.99. The summed E-state index contributed by atoms with van der Waals surface area (Å²) in [5.74, 6) is -1.58. The summed E-state index contributed by atoms with van der Waals surface area (Å²) >= 11 is 0. The number of hydrogen-bond donors (Lipinski definition) is 3. The lowest BCUT2D eigenvalue weighted by atomic mass is 10.2. The zero-order valence-electron chi connectivity index (χ0n) is 11.0. The van der Waals surface area contributed by atoms with Crippen LogP contribution in [0, 0.1) is 5.92 Å². The van der Waals surface area contributed by atoms with Gasteiger partial charge in [0.05, 0.1) is 19.1 Å². The highest BCUT2D eigenvalue weighted by Crippen LogP contribution is 2.09. The molecule has 1 aliphatic heterocycles. The first-order valence-electron chi connectivity index (χ1n) is 6.04. The second kappa shape index (κ2) is 6.81. The zero-order chi connectivity index (χ0) is 14.4. The van der Waals surface area contributed by atoms with Crippen molar-refractivity contribution in [3.8, 4) is 0 Å².